The van der Waals surface area contributed by atoms with E-state index < -0.39 is 0 Å². The number of hydrogen-bond acceptors (Lipinski definition) is 2. The first-order valence-corrected chi connectivity index (χ1v) is 8.36. The van der Waals surface area contributed by atoms with Gasteiger partial charge in [0.1, 0.15) is 5.75 Å². The molecule has 3 rings (SSSR count). The van der Waals surface area contributed by atoms with Gasteiger partial charge >= 0.3 is 0 Å². The molecule has 3 nitrogen and oxygen atoms in total. The lowest BCUT2D eigenvalue weighted by Crippen LogP contribution is -2.37. The van der Waals surface area contributed by atoms with E-state index in [0.29, 0.717) is 18.1 Å². The molecule has 22 heavy (non-hydrogen) atoms. The number of likely N-dealkylation sites (tertiary alicyclic amines) is 1. The van der Waals surface area contributed by atoms with Crippen molar-refractivity contribution in [2.45, 2.75) is 53.0 Å². The van der Waals surface area contributed by atoms with Crippen molar-refractivity contribution in [2.75, 3.05) is 13.2 Å². The number of nitrogens with zero attached hydrogens (tertiary/aromatic N) is 1. The van der Waals surface area contributed by atoms with E-state index in [-0.39, 0.29) is 11.3 Å². The molecule has 1 aromatic rings. The molecule has 2 bridgehead atoms. The van der Waals surface area contributed by atoms with Crippen LogP contribution in [0.2, 0.25) is 0 Å². The summed E-state index contributed by atoms with van der Waals surface area (Å²) in [6.07, 6.45) is 3.48. The van der Waals surface area contributed by atoms with E-state index >= 15 is 0 Å². The molecule has 2 atom stereocenters. The maximum absolute atomic E-state index is 12.9. The number of hydrogen-bond donors (Lipinski definition) is 0. The van der Waals surface area contributed by atoms with Gasteiger partial charge in [-0.3, -0.25) is 4.79 Å². The molecule has 1 saturated heterocycles. The third-order valence-corrected chi connectivity index (χ3v) is 5.09. The zero-order chi connectivity index (χ0) is 16.0. The summed E-state index contributed by atoms with van der Waals surface area (Å²) in [6, 6.07) is 7.97. The highest BCUT2D eigenvalue weighted by Gasteiger charge is 2.50. The fourth-order valence-corrected chi connectivity index (χ4v) is 4.72. The molecular weight excluding hydrogens is 274 g/mol. The summed E-state index contributed by atoms with van der Waals surface area (Å²) in [5.41, 5.74) is 1.40. The van der Waals surface area contributed by atoms with Gasteiger partial charge in [-0.1, -0.05) is 20.8 Å². The van der Waals surface area contributed by atoms with Crippen LogP contribution in [-0.2, 0) is 0 Å². The molecule has 2 fully saturated rings. The lowest BCUT2D eigenvalue weighted by atomic mass is 9.65. The normalized spacial score (nSPS) is 29.5. The lowest BCUT2D eigenvalue weighted by molar-refractivity contribution is 0.0708. The molecule has 0 N–H and O–H groups in total. The number of benzene rings is 1. The van der Waals surface area contributed by atoms with E-state index in [4.69, 9.17) is 4.74 Å². The molecule has 2 aliphatic rings. The molecular formula is C19H27NO2. The Morgan fingerprint density at radius 3 is 2.55 bits per heavy atom. The quantitative estimate of drug-likeness (QED) is 0.840. The summed E-state index contributed by atoms with van der Waals surface area (Å²) in [4.78, 5) is 15.0. The summed E-state index contributed by atoms with van der Waals surface area (Å²) < 4.78 is 5.45. The highest BCUT2D eigenvalue weighted by atomic mass is 16.5. The van der Waals surface area contributed by atoms with Crippen LogP contribution in [0.1, 0.15) is 57.3 Å². The zero-order valence-corrected chi connectivity index (χ0v) is 14.2. The molecule has 120 valence electrons. The van der Waals surface area contributed by atoms with Crippen molar-refractivity contribution >= 4 is 5.91 Å². The minimum atomic E-state index is 0.175. The van der Waals surface area contributed by atoms with Crippen molar-refractivity contribution in [3.8, 4) is 5.75 Å². The van der Waals surface area contributed by atoms with Gasteiger partial charge in [-0.05, 0) is 61.3 Å². The highest BCUT2D eigenvalue weighted by Crippen LogP contribution is 2.52. The van der Waals surface area contributed by atoms with Crippen LogP contribution >= 0.6 is 0 Å². The molecule has 0 radical (unpaired) electrons. The van der Waals surface area contributed by atoms with Crippen LogP contribution in [0.4, 0.5) is 0 Å². The Labute approximate surface area is 133 Å². The molecule has 1 aliphatic carbocycles. The summed E-state index contributed by atoms with van der Waals surface area (Å²) >= 11 is 0. The molecule has 1 aromatic carbocycles. The number of fused-ring (bicyclic) bond motifs is 2. The van der Waals surface area contributed by atoms with E-state index in [1.54, 1.807) is 0 Å². The molecule has 1 saturated carbocycles. The van der Waals surface area contributed by atoms with E-state index in [1.165, 1.54) is 6.42 Å². The standard InChI is InChI=1S/C19H27NO2/c1-5-22-16-8-6-14(7-9-16)17(21)20-13-19(4)11-15(20)10-18(2,3)12-19/h6-9,15H,5,10-13H2,1-4H3. The molecule has 1 aliphatic heterocycles. The fourth-order valence-electron chi connectivity index (χ4n) is 4.72. The van der Waals surface area contributed by atoms with Crippen molar-refractivity contribution in [1.82, 2.24) is 4.90 Å². The van der Waals surface area contributed by atoms with E-state index in [1.807, 2.05) is 31.2 Å². The van der Waals surface area contributed by atoms with Crippen molar-refractivity contribution in [3.63, 3.8) is 0 Å². The van der Waals surface area contributed by atoms with Crippen molar-refractivity contribution in [3.05, 3.63) is 29.8 Å². The van der Waals surface area contributed by atoms with Crippen LogP contribution < -0.4 is 4.74 Å². The van der Waals surface area contributed by atoms with Crippen LogP contribution in [0.3, 0.4) is 0 Å². The smallest absolute Gasteiger partial charge is 0.254 e. The Kier molecular flexibility index (Phi) is 3.70. The van der Waals surface area contributed by atoms with Gasteiger partial charge in [0.05, 0.1) is 6.61 Å². The van der Waals surface area contributed by atoms with E-state index in [2.05, 4.69) is 25.7 Å². The van der Waals surface area contributed by atoms with Gasteiger partial charge < -0.3 is 9.64 Å². The minimum absolute atomic E-state index is 0.175. The second-order valence-corrected chi connectivity index (χ2v) is 8.10. The molecule has 0 spiro atoms. The van der Waals surface area contributed by atoms with Crippen molar-refractivity contribution in [1.29, 1.82) is 0 Å². The third-order valence-electron chi connectivity index (χ3n) is 5.09. The first kappa shape index (κ1) is 15.4. The number of ether oxygens (including phenoxy) is 1. The van der Waals surface area contributed by atoms with Crippen LogP contribution in [-0.4, -0.2) is 30.0 Å². The maximum atomic E-state index is 12.9. The van der Waals surface area contributed by atoms with Crippen LogP contribution in [0.5, 0.6) is 5.75 Å². The second-order valence-electron chi connectivity index (χ2n) is 8.10. The number of amides is 1. The van der Waals surface area contributed by atoms with Crippen LogP contribution in [0.15, 0.2) is 24.3 Å². The third kappa shape index (κ3) is 2.86. The fraction of sp³-hybridized carbons (Fsp3) is 0.632. The molecule has 1 amide bonds. The Balaban J connectivity index is 1.78. The Hall–Kier alpha value is -1.51. The van der Waals surface area contributed by atoms with Crippen LogP contribution in [0.25, 0.3) is 0 Å². The lowest BCUT2D eigenvalue weighted by Gasteiger charge is -2.39. The monoisotopic (exact) mass is 301 g/mol. The average Bonchev–Trinajstić information content (AvgIpc) is 2.68. The summed E-state index contributed by atoms with van der Waals surface area (Å²) in [5, 5.41) is 0. The van der Waals surface area contributed by atoms with Crippen molar-refractivity contribution < 1.29 is 9.53 Å². The Bertz CT molecular complexity index is 563. The predicted octanol–water partition coefficient (Wildman–Crippen LogP) is 4.13. The van der Waals surface area contributed by atoms with Gasteiger partial charge in [-0.2, -0.15) is 0 Å². The number of carbonyl (C=O) groups excluding carboxylic acids is 1. The Morgan fingerprint density at radius 2 is 1.91 bits per heavy atom. The van der Waals surface area contributed by atoms with Crippen molar-refractivity contribution in [2.24, 2.45) is 10.8 Å². The second kappa shape index (κ2) is 5.29. The average molecular weight is 301 g/mol. The largest absolute Gasteiger partial charge is 0.494 e. The van der Waals surface area contributed by atoms with Gasteiger partial charge in [0.25, 0.3) is 5.91 Å². The van der Waals surface area contributed by atoms with Crippen LogP contribution in [0, 0.1) is 10.8 Å². The van der Waals surface area contributed by atoms with Gasteiger partial charge in [-0.25, -0.2) is 0 Å². The summed E-state index contributed by atoms with van der Waals surface area (Å²) in [6.45, 7) is 10.5. The molecule has 1 heterocycles. The maximum Gasteiger partial charge on any atom is 0.254 e. The molecule has 2 unspecified atom stereocenters. The van der Waals surface area contributed by atoms with Gasteiger partial charge in [0, 0.05) is 18.2 Å². The predicted molar refractivity (Wildman–Crippen MR) is 88.2 cm³/mol. The summed E-state index contributed by atoms with van der Waals surface area (Å²) in [5.74, 6) is 1.00. The SMILES string of the molecule is CCOc1ccc(C(=O)N2CC3(C)CC2CC(C)(C)C3)cc1. The van der Waals surface area contributed by atoms with E-state index in [9.17, 15) is 4.79 Å². The molecule has 3 heteroatoms. The first-order valence-electron chi connectivity index (χ1n) is 8.36. The topological polar surface area (TPSA) is 29.5 Å². The Morgan fingerprint density at radius 1 is 1.23 bits per heavy atom. The number of carbonyl (C=O) groups is 1. The number of rotatable bonds is 3. The van der Waals surface area contributed by atoms with E-state index in [0.717, 1.165) is 30.7 Å². The summed E-state index contributed by atoms with van der Waals surface area (Å²) in [7, 11) is 0. The minimum Gasteiger partial charge on any atom is -0.494 e. The first-order chi connectivity index (χ1) is 10.3. The van der Waals surface area contributed by atoms with Gasteiger partial charge in [0.2, 0.25) is 0 Å². The van der Waals surface area contributed by atoms with Gasteiger partial charge in [-0.15, -0.1) is 0 Å². The zero-order valence-electron chi connectivity index (χ0n) is 14.2. The van der Waals surface area contributed by atoms with Gasteiger partial charge in [0.15, 0.2) is 0 Å². The molecule has 0 aromatic heterocycles. The highest BCUT2D eigenvalue weighted by molar-refractivity contribution is 5.94.